The summed E-state index contributed by atoms with van der Waals surface area (Å²) in [6.07, 6.45) is 3.46. The Hall–Kier alpha value is -1.10. The van der Waals surface area contributed by atoms with Gasteiger partial charge in [0.15, 0.2) is 0 Å². The number of halogens is 1. The lowest BCUT2D eigenvalue weighted by molar-refractivity contribution is -0.135. The van der Waals surface area contributed by atoms with Gasteiger partial charge < -0.3 is 10.2 Å². The van der Waals surface area contributed by atoms with Crippen LogP contribution in [0.2, 0.25) is 5.02 Å². The number of piperazine rings is 1. The van der Waals surface area contributed by atoms with Crippen molar-refractivity contribution < 1.29 is 4.79 Å². The molecule has 3 aliphatic rings. The van der Waals surface area contributed by atoms with Crippen molar-refractivity contribution in [3.63, 3.8) is 0 Å². The van der Waals surface area contributed by atoms with E-state index in [-0.39, 0.29) is 0 Å². The summed E-state index contributed by atoms with van der Waals surface area (Å²) in [6.45, 7) is 7.92. The highest BCUT2D eigenvalue weighted by molar-refractivity contribution is 6.31. The summed E-state index contributed by atoms with van der Waals surface area (Å²) < 4.78 is 0. The van der Waals surface area contributed by atoms with Gasteiger partial charge in [0.25, 0.3) is 0 Å². The van der Waals surface area contributed by atoms with E-state index in [0.717, 1.165) is 50.7 Å². The molecule has 0 aromatic heterocycles. The summed E-state index contributed by atoms with van der Waals surface area (Å²) in [5, 5.41) is 4.25. The van der Waals surface area contributed by atoms with Crippen molar-refractivity contribution in [2.45, 2.75) is 32.2 Å². The van der Waals surface area contributed by atoms with Crippen molar-refractivity contribution in [1.29, 1.82) is 0 Å². The van der Waals surface area contributed by atoms with Crippen LogP contribution in [0.3, 0.4) is 0 Å². The number of nitrogens with zero attached hydrogens (tertiary/aromatic N) is 2. The number of hydrogen-bond acceptors (Lipinski definition) is 3. The van der Waals surface area contributed by atoms with E-state index in [4.69, 9.17) is 11.6 Å². The van der Waals surface area contributed by atoms with Crippen LogP contribution in [0.15, 0.2) is 24.3 Å². The minimum Gasteiger partial charge on any atom is -0.340 e. The lowest BCUT2D eigenvalue weighted by Gasteiger charge is -2.39. The van der Waals surface area contributed by atoms with Crippen LogP contribution in [0, 0.1) is 11.3 Å². The van der Waals surface area contributed by atoms with Crippen LogP contribution in [0.1, 0.15) is 37.8 Å². The molecule has 1 saturated carbocycles. The average Bonchev–Trinajstić information content (AvgIpc) is 3.34. The molecule has 0 bridgehead atoms. The van der Waals surface area contributed by atoms with Crippen molar-refractivity contribution in [2.75, 3.05) is 39.3 Å². The third-order valence-electron chi connectivity index (χ3n) is 6.62. The fourth-order valence-corrected chi connectivity index (χ4v) is 5.03. The Balaban J connectivity index is 1.33. The van der Waals surface area contributed by atoms with E-state index in [1.54, 1.807) is 0 Å². The number of piperidine rings is 1. The Labute approximate surface area is 155 Å². The molecule has 2 saturated heterocycles. The van der Waals surface area contributed by atoms with Crippen molar-refractivity contribution >= 4 is 17.5 Å². The SMILES string of the molecule is CC(c1ccccc1Cl)N1CCN(C(=O)C2CC23CCNCC3)CC1. The van der Waals surface area contributed by atoms with Gasteiger partial charge in [-0.05, 0) is 56.3 Å². The van der Waals surface area contributed by atoms with E-state index in [9.17, 15) is 4.79 Å². The van der Waals surface area contributed by atoms with Gasteiger partial charge in [0.1, 0.15) is 0 Å². The molecule has 2 atom stereocenters. The predicted octanol–water partition coefficient (Wildman–Crippen LogP) is 2.93. The van der Waals surface area contributed by atoms with E-state index in [1.807, 2.05) is 18.2 Å². The Kier molecular flexibility index (Phi) is 4.78. The second kappa shape index (κ2) is 6.90. The van der Waals surface area contributed by atoms with Crippen LogP contribution >= 0.6 is 11.6 Å². The first kappa shape index (κ1) is 17.3. The number of carbonyl (C=O) groups excluding carboxylic acids is 1. The molecule has 1 amide bonds. The minimum atomic E-state index is 0.294. The van der Waals surface area contributed by atoms with Crippen LogP contribution in [-0.4, -0.2) is 55.0 Å². The minimum absolute atomic E-state index is 0.294. The lowest BCUT2D eigenvalue weighted by atomic mass is 9.91. The first-order valence-electron chi connectivity index (χ1n) is 9.59. The van der Waals surface area contributed by atoms with Gasteiger partial charge >= 0.3 is 0 Å². The molecule has 1 aromatic rings. The van der Waals surface area contributed by atoms with Gasteiger partial charge in [0.2, 0.25) is 5.91 Å². The number of carbonyl (C=O) groups is 1. The van der Waals surface area contributed by atoms with Crippen LogP contribution < -0.4 is 5.32 Å². The normalized spacial score (nSPS) is 27.3. The quantitative estimate of drug-likeness (QED) is 0.899. The lowest BCUT2D eigenvalue weighted by Crippen LogP contribution is -2.50. The Morgan fingerprint density at radius 2 is 1.88 bits per heavy atom. The fourth-order valence-electron chi connectivity index (χ4n) is 4.73. The third kappa shape index (κ3) is 3.32. The van der Waals surface area contributed by atoms with Crippen molar-refractivity contribution in [3.05, 3.63) is 34.9 Å². The van der Waals surface area contributed by atoms with Gasteiger partial charge in [-0.1, -0.05) is 29.8 Å². The largest absolute Gasteiger partial charge is 0.340 e. The molecular weight excluding hydrogens is 334 g/mol. The summed E-state index contributed by atoms with van der Waals surface area (Å²) in [5.41, 5.74) is 1.52. The van der Waals surface area contributed by atoms with Crippen molar-refractivity contribution in [2.24, 2.45) is 11.3 Å². The molecule has 1 aromatic carbocycles. The first-order valence-corrected chi connectivity index (χ1v) is 9.96. The zero-order valence-electron chi connectivity index (χ0n) is 15.0. The molecule has 1 aliphatic carbocycles. The smallest absolute Gasteiger partial charge is 0.226 e. The monoisotopic (exact) mass is 361 g/mol. The standard InChI is InChI=1S/C20H28ClN3O/c1-15(16-4-2-3-5-18(16)21)23-10-12-24(13-11-23)19(25)17-14-20(17)6-8-22-9-7-20/h2-5,15,17,22H,6-14H2,1H3. The zero-order valence-corrected chi connectivity index (χ0v) is 15.8. The summed E-state index contributed by atoms with van der Waals surface area (Å²) in [5.74, 6) is 0.703. The topological polar surface area (TPSA) is 35.6 Å². The highest BCUT2D eigenvalue weighted by Gasteiger charge is 2.58. The Morgan fingerprint density at radius 3 is 2.56 bits per heavy atom. The molecule has 2 heterocycles. The first-order chi connectivity index (χ1) is 12.1. The Morgan fingerprint density at radius 1 is 1.20 bits per heavy atom. The molecule has 3 fully saturated rings. The molecule has 0 radical (unpaired) electrons. The van der Waals surface area contributed by atoms with E-state index < -0.39 is 0 Å². The summed E-state index contributed by atoms with van der Waals surface area (Å²) in [4.78, 5) is 17.5. The maximum absolute atomic E-state index is 12.9. The van der Waals surface area contributed by atoms with Crippen LogP contribution in [-0.2, 0) is 4.79 Å². The molecular formula is C20H28ClN3O. The summed E-state index contributed by atoms with van der Waals surface area (Å²) in [6, 6.07) is 8.38. The van der Waals surface area contributed by atoms with Crippen LogP contribution in [0.25, 0.3) is 0 Å². The molecule has 25 heavy (non-hydrogen) atoms. The maximum atomic E-state index is 12.9. The van der Waals surface area contributed by atoms with Crippen molar-refractivity contribution in [1.82, 2.24) is 15.1 Å². The maximum Gasteiger partial charge on any atom is 0.226 e. The number of nitrogens with one attached hydrogen (secondary N) is 1. The third-order valence-corrected chi connectivity index (χ3v) is 6.96. The molecule has 1 N–H and O–H groups in total. The molecule has 5 heteroatoms. The van der Waals surface area contributed by atoms with Crippen LogP contribution in [0.5, 0.6) is 0 Å². The molecule has 136 valence electrons. The van der Waals surface area contributed by atoms with Gasteiger partial charge in [-0.2, -0.15) is 0 Å². The number of benzene rings is 1. The summed E-state index contributed by atoms with van der Waals surface area (Å²) in [7, 11) is 0. The fraction of sp³-hybridized carbons (Fsp3) is 0.650. The molecule has 4 nitrogen and oxygen atoms in total. The van der Waals surface area contributed by atoms with Gasteiger partial charge in [-0.25, -0.2) is 0 Å². The van der Waals surface area contributed by atoms with Crippen molar-refractivity contribution in [3.8, 4) is 0 Å². The number of amides is 1. The average molecular weight is 362 g/mol. The molecule has 4 rings (SSSR count). The van der Waals surface area contributed by atoms with E-state index in [2.05, 4.69) is 28.1 Å². The van der Waals surface area contributed by atoms with E-state index >= 15 is 0 Å². The van der Waals surface area contributed by atoms with Gasteiger partial charge in [-0.3, -0.25) is 9.69 Å². The molecule has 2 unspecified atom stereocenters. The number of hydrogen-bond donors (Lipinski definition) is 1. The predicted molar refractivity (Wildman–Crippen MR) is 101 cm³/mol. The number of rotatable bonds is 3. The van der Waals surface area contributed by atoms with Gasteiger partial charge in [0, 0.05) is 43.2 Å². The van der Waals surface area contributed by atoms with E-state index in [1.165, 1.54) is 18.4 Å². The zero-order chi connectivity index (χ0) is 17.4. The second-order valence-electron chi connectivity index (χ2n) is 7.93. The molecule has 1 spiro atoms. The highest BCUT2D eigenvalue weighted by Crippen LogP contribution is 2.59. The van der Waals surface area contributed by atoms with E-state index in [0.29, 0.717) is 23.3 Å². The Bertz CT molecular complexity index is 636. The summed E-state index contributed by atoms with van der Waals surface area (Å²) >= 11 is 6.35. The van der Waals surface area contributed by atoms with Crippen LogP contribution in [0.4, 0.5) is 0 Å². The highest BCUT2D eigenvalue weighted by atomic mass is 35.5. The molecule has 2 aliphatic heterocycles. The second-order valence-corrected chi connectivity index (χ2v) is 8.34. The van der Waals surface area contributed by atoms with Gasteiger partial charge in [0.05, 0.1) is 0 Å². The van der Waals surface area contributed by atoms with Gasteiger partial charge in [-0.15, -0.1) is 0 Å².